The number of ether oxygens (including phenoxy) is 1. The largest absolute Gasteiger partial charge is 0.468 e. The summed E-state index contributed by atoms with van der Waals surface area (Å²) in [4.78, 5) is 21.5. The summed E-state index contributed by atoms with van der Waals surface area (Å²) in [5.41, 5.74) is 1.37. The lowest BCUT2D eigenvalue weighted by atomic mass is 10.2. The molecule has 0 heterocycles. The minimum atomic E-state index is -0.410. The summed E-state index contributed by atoms with van der Waals surface area (Å²) in [6.45, 7) is 2.50. The van der Waals surface area contributed by atoms with Crippen molar-refractivity contribution in [2.45, 2.75) is 12.7 Å². The molecule has 0 aliphatic heterocycles. The van der Waals surface area contributed by atoms with Gasteiger partial charge < -0.3 is 10.1 Å². The van der Waals surface area contributed by atoms with Crippen LogP contribution in [-0.4, -0.2) is 30.3 Å². The first-order chi connectivity index (χ1) is 9.08. The highest BCUT2D eigenvalue weighted by Crippen LogP contribution is 2.27. The summed E-state index contributed by atoms with van der Waals surface area (Å²) in [5.74, 6) is 0.463. The van der Waals surface area contributed by atoms with E-state index in [1.54, 1.807) is 6.07 Å². The zero-order valence-corrected chi connectivity index (χ0v) is 11.7. The van der Waals surface area contributed by atoms with Gasteiger partial charge in [0, 0.05) is 18.4 Å². The molecule has 1 aromatic carbocycles. The molecule has 0 aliphatic carbocycles. The van der Waals surface area contributed by atoms with Crippen molar-refractivity contribution in [1.82, 2.24) is 0 Å². The molecule has 6 nitrogen and oxygen atoms in total. The van der Waals surface area contributed by atoms with Gasteiger partial charge in [0.05, 0.1) is 17.8 Å². The summed E-state index contributed by atoms with van der Waals surface area (Å²) in [5, 5.41) is 13.9. The highest BCUT2D eigenvalue weighted by Gasteiger charge is 2.14. The van der Waals surface area contributed by atoms with E-state index in [1.807, 2.05) is 13.0 Å². The van der Waals surface area contributed by atoms with Crippen LogP contribution in [0.5, 0.6) is 0 Å². The number of nitrogens with zero attached hydrogens (tertiary/aromatic N) is 1. The Morgan fingerprint density at radius 3 is 2.84 bits per heavy atom. The van der Waals surface area contributed by atoms with Crippen molar-refractivity contribution in [3.05, 3.63) is 33.9 Å². The normalized spacial score (nSPS) is 10.0. The second-order valence-electron chi connectivity index (χ2n) is 3.71. The van der Waals surface area contributed by atoms with Gasteiger partial charge in [0.15, 0.2) is 0 Å². The molecular weight excluding hydrogens is 268 g/mol. The zero-order chi connectivity index (χ0) is 14.3. The molecular formula is C12H16N2O4S. The Morgan fingerprint density at radius 1 is 1.53 bits per heavy atom. The van der Waals surface area contributed by atoms with Crippen molar-refractivity contribution in [2.24, 2.45) is 0 Å². The van der Waals surface area contributed by atoms with E-state index < -0.39 is 4.92 Å². The molecule has 0 aromatic heterocycles. The van der Waals surface area contributed by atoms with Crippen LogP contribution in [0.25, 0.3) is 0 Å². The number of carbonyl (C=O) groups excluding carboxylic acids is 1. The van der Waals surface area contributed by atoms with Crippen LogP contribution >= 0.6 is 11.8 Å². The average Bonchev–Trinajstić information content (AvgIpc) is 2.40. The van der Waals surface area contributed by atoms with Crippen molar-refractivity contribution in [1.29, 1.82) is 0 Å². The second kappa shape index (κ2) is 7.63. The van der Waals surface area contributed by atoms with E-state index >= 15 is 0 Å². The number of benzene rings is 1. The van der Waals surface area contributed by atoms with E-state index in [4.69, 9.17) is 0 Å². The maximum atomic E-state index is 11.0. The Morgan fingerprint density at radius 2 is 2.26 bits per heavy atom. The molecule has 1 N–H and O–H groups in total. The Balaban J connectivity index is 2.72. The third-order valence-corrected chi connectivity index (χ3v) is 3.32. The summed E-state index contributed by atoms with van der Waals surface area (Å²) in [6.07, 6.45) is 0. The number of methoxy groups -OCH3 is 1. The molecule has 0 fully saturated rings. The molecule has 0 saturated carbocycles. The van der Waals surface area contributed by atoms with E-state index in [0.717, 1.165) is 5.56 Å². The van der Waals surface area contributed by atoms with E-state index in [9.17, 15) is 14.9 Å². The van der Waals surface area contributed by atoms with Gasteiger partial charge in [0.2, 0.25) is 0 Å². The summed E-state index contributed by atoms with van der Waals surface area (Å²) >= 11 is 1.36. The molecule has 0 spiro atoms. The van der Waals surface area contributed by atoms with Crippen LogP contribution in [0.4, 0.5) is 11.4 Å². The van der Waals surface area contributed by atoms with Gasteiger partial charge in [-0.1, -0.05) is 6.07 Å². The Kier molecular flexibility index (Phi) is 6.14. The van der Waals surface area contributed by atoms with Crippen LogP contribution in [-0.2, 0) is 15.3 Å². The highest BCUT2D eigenvalue weighted by atomic mass is 32.2. The first-order valence-corrected chi connectivity index (χ1v) is 6.89. The molecule has 0 atom stereocenters. The topological polar surface area (TPSA) is 81.5 Å². The molecule has 1 aromatic rings. The molecule has 1 rings (SSSR count). The number of nitro groups is 1. The number of rotatable bonds is 7. The van der Waals surface area contributed by atoms with E-state index in [1.165, 1.54) is 24.9 Å². The third-order valence-electron chi connectivity index (χ3n) is 2.34. The molecule has 0 amide bonds. The molecule has 7 heteroatoms. The van der Waals surface area contributed by atoms with Crippen LogP contribution in [0.2, 0.25) is 0 Å². The van der Waals surface area contributed by atoms with Gasteiger partial charge in [-0.2, -0.15) is 0 Å². The molecule has 0 aliphatic rings. The fourth-order valence-electron chi connectivity index (χ4n) is 1.47. The van der Waals surface area contributed by atoms with Gasteiger partial charge in [0.1, 0.15) is 5.69 Å². The van der Waals surface area contributed by atoms with Gasteiger partial charge in [-0.15, -0.1) is 11.8 Å². The van der Waals surface area contributed by atoms with Crippen molar-refractivity contribution in [2.75, 3.05) is 24.7 Å². The Hall–Kier alpha value is -1.76. The minimum absolute atomic E-state index is 0.0537. The van der Waals surface area contributed by atoms with Crippen LogP contribution < -0.4 is 5.32 Å². The molecule has 0 radical (unpaired) electrons. The standard InChI is InChI=1S/C12H16N2O4S/c1-3-13-10-5-4-9(6-11(10)14(16)17)7-19-8-12(15)18-2/h4-6,13H,3,7-8H2,1-2H3. The van der Waals surface area contributed by atoms with Crippen molar-refractivity contribution in [3.63, 3.8) is 0 Å². The number of hydrogen-bond acceptors (Lipinski definition) is 6. The van der Waals surface area contributed by atoms with Gasteiger partial charge >= 0.3 is 5.97 Å². The number of esters is 1. The summed E-state index contributed by atoms with van der Waals surface area (Å²) in [7, 11) is 1.33. The van der Waals surface area contributed by atoms with Crippen LogP contribution in [0.1, 0.15) is 12.5 Å². The monoisotopic (exact) mass is 284 g/mol. The summed E-state index contributed by atoms with van der Waals surface area (Å²) < 4.78 is 4.52. The Labute approximate surface area is 115 Å². The first kappa shape index (κ1) is 15.3. The van der Waals surface area contributed by atoms with E-state index in [2.05, 4.69) is 10.1 Å². The molecule has 0 unspecified atom stereocenters. The van der Waals surface area contributed by atoms with Gasteiger partial charge in [-0.05, 0) is 18.6 Å². The Bertz CT molecular complexity index is 465. The highest BCUT2D eigenvalue weighted by molar-refractivity contribution is 7.99. The minimum Gasteiger partial charge on any atom is -0.468 e. The van der Waals surface area contributed by atoms with Crippen LogP contribution in [0.3, 0.4) is 0 Å². The molecule has 104 valence electrons. The second-order valence-corrected chi connectivity index (χ2v) is 4.69. The third kappa shape index (κ3) is 4.78. The van der Waals surface area contributed by atoms with Gasteiger partial charge in [0.25, 0.3) is 5.69 Å². The van der Waals surface area contributed by atoms with Gasteiger partial charge in [-0.3, -0.25) is 14.9 Å². The molecule has 19 heavy (non-hydrogen) atoms. The van der Waals surface area contributed by atoms with E-state index in [0.29, 0.717) is 18.0 Å². The molecule has 0 saturated heterocycles. The lowest BCUT2D eigenvalue weighted by Crippen LogP contribution is -2.04. The zero-order valence-electron chi connectivity index (χ0n) is 10.8. The average molecular weight is 284 g/mol. The lowest BCUT2D eigenvalue weighted by Gasteiger charge is -2.06. The quantitative estimate of drug-likeness (QED) is 0.470. The number of carbonyl (C=O) groups is 1. The van der Waals surface area contributed by atoms with Crippen molar-refractivity contribution in [3.8, 4) is 0 Å². The van der Waals surface area contributed by atoms with E-state index in [-0.39, 0.29) is 17.4 Å². The molecule has 0 bridgehead atoms. The lowest BCUT2D eigenvalue weighted by molar-refractivity contribution is -0.384. The SMILES string of the molecule is CCNc1ccc(CSCC(=O)OC)cc1[N+](=O)[O-]. The van der Waals surface area contributed by atoms with Crippen molar-refractivity contribution >= 4 is 29.1 Å². The van der Waals surface area contributed by atoms with Crippen LogP contribution in [0.15, 0.2) is 18.2 Å². The number of nitrogens with one attached hydrogen (secondary N) is 1. The predicted octanol–water partition coefficient (Wildman–Crippen LogP) is 2.43. The maximum absolute atomic E-state index is 11.0. The smallest absolute Gasteiger partial charge is 0.315 e. The predicted molar refractivity (Wildman–Crippen MR) is 75.4 cm³/mol. The van der Waals surface area contributed by atoms with Crippen LogP contribution in [0, 0.1) is 10.1 Å². The fourth-order valence-corrected chi connectivity index (χ4v) is 2.27. The van der Waals surface area contributed by atoms with Gasteiger partial charge in [-0.25, -0.2) is 0 Å². The first-order valence-electron chi connectivity index (χ1n) is 5.74. The number of thioether (sulfide) groups is 1. The number of anilines is 1. The number of nitro benzene ring substituents is 1. The van der Waals surface area contributed by atoms with Crippen molar-refractivity contribution < 1.29 is 14.5 Å². The maximum Gasteiger partial charge on any atom is 0.315 e. The summed E-state index contributed by atoms with van der Waals surface area (Å²) in [6, 6.07) is 5.03. The fraction of sp³-hybridized carbons (Fsp3) is 0.417. The number of hydrogen-bond donors (Lipinski definition) is 1.